The molecule has 1 unspecified atom stereocenters. The van der Waals surface area contributed by atoms with Gasteiger partial charge in [0.05, 0.1) is 17.1 Å². The van der Waals surface area contributed by atoms with Gasteiger partial charge < -0.3 is 15.7 Å². The lowest BCUT2D eigenvalue weighted by atomic mass is 10.2. The van der Waals surface area contributed by atoms with Crippen molar-refractivity contribution in [2.75, 3.05) is 24.3 Å². The minimum absolute atomic E-state index is 0.00814. The van der Waals surface area contributed by atoms with Crippen LogP contribution in [0, 0.1) is 10.1 Å². The van der Waals surface area contributed by atoms with Crippen molar-refractivity contribution in [3.8, 4) is 0 Å². The van der Waals surface area contributed by atoms with E-state index in [1.54, 1.807) is 7.05 Å². The van der Waals surface area contributed by atoms with Crippen molar-refractivity contribution in [2.24, 2.45) is 0 Å². The second kappa shape index (κ2) is 6.75. The molecule has 1 heterocycles. The molecule has 0 spiro atoms. The molecule has 0 aliphatic heterocycles. The third-order valence-electron chi connectivity index (χ3n) is 2.47. The summed E-state index contributed by atoms with van der Waals surface area (Å²) in [5.41, 5.74) is -0.00814. The molecule has 0 saturated carbocycles. The third kappa shape index (κ3) is 4.17. The molecule has 100 valence electrons. The van der Waals surface area contributed by atoms with Crippen LogP contribution in [0.5, 0.6) is 0 Å². The summed E-state index contributed by atoms with van der Waals surface area (Å²) >= 11 is 0. The van der Waals surface area contributed by atoms with Crippen molar-refractivity contribution in [1.82, 2.24) is 4.98 Å². The Morgan fingerprint density at radius 3 is 2.72 bits per heavy atom. The van der Waals surface area contributed by atoms with Gasteiger partial charge >= 0.3 is 0 Å². The fraction of sp³-hybridized carbons (Fsp3) is 0.545. The lowest BCUT2D eigenvalue weighted by Gasteiger charge is -2.14. The maximum absolute atomic E-state index is 10.8. The van der Waals surface area contributed by atoms with Crippen LogP contribution in [0.2, 0.25) is 0 Å². The molecule has 0 bridgehead atoms. The number of aromatic nitrogens is 1. The second-order valence-electron chi connectivity index (χ2n) is 4.01. The maximum Gasteiger partial charge on any atom is 0.276 e. The van der Waals surface area contributed by atoms with Gasteiger partial charge in [0.15, 0.2) is 0 Å². The Morgan fingerprint density at radius 1 is 1.50 bits per heavy atom. The molecule has 1 aromatic rings. The Balaban J connectivity index is 2.81. The third-order valence-corrected chi connectivity index (χ3v) is 2.47. The van der Waals surface area contributed by atoms with Crippen LogP contribution < -0.4 is 10.6 Å². The van der Waals surface area contributed by atoms with E-state index >= 15 is 0 Å². The van der Waals surface area contributed by atoms with E-state index in [9.17, 15) is 10.1 Å². The molecule has 0 aliphatic carbocycles. The van der Waals surface area contributed by atoms with Gasteiger partial charge in [-0.2, -0.15) is 0 Å². The smallest absolute Gasteiger partial charge is 0.276 e. The Kier molecular flexibility index (Phi) is 5.31. The number of aliphatic hydroxyl groups excluding tert-OH is 1. The van der Waals surface area contributed by atoms with Gasteiger partial charge in [-0.25, -0.2) is 4.98 Å². The number of anilines is 2. The highest BCUT2D eigenvalue weighted by Gasteiger charge is 2.12. The molecule has 0 radical (unpaired) electrons. The molecule has 7 heteroatoms. The zero-order chi connectivity index (χ0) is 13.5. The number of hydrogen-bond donors (Lipinski definition) is 3. The molecule has 3 N–H and O–H groups in total. The summed E-state index contributed by atoms with van der Waals surface area (Å²) in [5, 5.41) is 25.4. The number of rotatable bonds is 7. The number of nitro groups is 1. The van der Waals surface area contributed by atoms with Crippen LogP contribution in [-0.2, 0) is 0 Å². The zero-order valence-corrected chi connectivity index (χ0v) is 10.5. The van der Waals surface area contributed by atoms with Crippen LogP contribution >= 0.6 is 0 Å². The van der Waals surface area contributed by atoms with E-state index in [0.29, 0.717) is 18.1 Å². The molecule has 0 aliphatic rings. The van der Waals surface area contributed by atoms with Gasteiger partial charge in [-0.1, -0.05) is 0 Å². The quantitative estimate of drug-likeness (QED) is 0.505. The van der Waals surface area contributed by atoms with Crippen molar-refractivity contribution in [2.45, 2.75) is 25.8 Å². The fourth-order valence-electron chi connectivity index (χ4n) is 1.55. The highest BCUT2D eigenvalue weighted by Crippen LogP contribution is 2.21. The lowest BCUT2D eigenvalue weighted by molar-refractivity contribution is -0.384. The van der Waals surface area contributed by atoms with Gasteiger partial charge in [0.1, 0.15) is 11.6 Å². The number of hydrogen-bond acceptors (Lipinski definition) is 6. The number of aliphatic hydroxyl groups is 1. The molecule has 18 heavy (non-hydrogen) atoms. The fourth-order valence-corrected chi connectivity index (χ4v) is 1.55. The molecule has 1 atom stereocenters. The van der Waals surface area contributed by atoms with Crippen molar-refractivity contribution in [3.63, 3.8) is 0 Å². The molecule has 0 saturated heterocycles. The molecular weight excluding hydrogens is 236 g/mol. The molecule has 7 nitrogen and oxygen atoms in total. The Labute approximate surface area is 105 Å². The average molecular weight is 254 g/mol. The first-order chi connectivity index (χ1) is 8.56. The molecule has 1 aromatic heterocycles. The van der Waals surface area contributed by atoms with E-state index in [0.717, 1.165) is 6.42 Å². The number of pyridine rings is 1. The Morgan fingerprint density at radius 2 is 2.17 bits per heavy atom. The van der Waals surface area contributed by atoms with E-state index in [1.165, 1.54) is 12.1 Å². The van der Waals surface area contributed by atoms with Gasteiger partial charge in [-0.3, -0.25) is 10.1 Å². The minimum atomic E-state index is -0.452. The second-order valence-corrected chi connectivity index (χ2v) is 4.01. The van der Waals surface area contributed by atoms with Crippen molar-refractivity contribution < 1.29 is 10.0 Å². The molecule has 0 amide bonds. The van der Waals surface area contributed by atoms with Crippen molar-refractivity contribution in [1.29, 1.82) is 0 Å². The summed E-state index contributed by atoms with van der Waals surface area (Å²) in [7, 11) is 1.66. The van der Waals surface area contributed by atoms with Crippen molar-refractivity contribution >= 4 is 17.3 Å². The predicted octanol–water partition coefficient (Wildman–Crippen LogP) is 1.60. The Hall–Kier alpha value is -1.89. The first-order valence-electron chi connectivity index (χ1n) is 5.78. The van der Waals surface area contributed by atoms with E-state index in [4.69, 9.17) is 5.11 Å². The minimum Gasteiger partial charge on any atom is -0.396 e. The molecule has 1 rings (SSSR count). The van der Waals surface area contributed by atoms with Crippen LogP contribution in [0.25, 0.3) is 0 Å². The molecule has 0 fully saturated rings. The van der Waals surface area contributed by atoms with E-state index in [2.05, 4.69) is 15.6 Å². The van der Waals surface area contributed by atoms with Gasteiger partial charge in [-0.15, -0.1) is 0 Å². The summed E-state index contributed by atoms with van der Waals surface area (Å²) in [5.74, 6) is 0.903. The van der Waals surface area contributed by atoms with Gasteiger partial charge in [0.25, 0.3) is 5.69 Å². The molecule has 0 aromatic carbocycles. The van der Waals surface area contributed by atoms with Gasteiger partial charge in [0, 0.05) is 19.7 Å². The topological polar surface area (TPSA) is 100 Å². The first kappa shape index (κ1) is 14.2. The van der Waals surface area contributed by atoms with Crippen LogP contribution in [0.3, 0.4) is 0 Å². The van der Waals surface area contributed by atoms with E-state index in [1.807, 2.05) is 6.92 Å². The zero-order valence-electron chi connectivity index (χ0n) is 10.5. The normalized spacial score (nSPS) is 11.9. The lowest BCUT2D eigenvalue weighted by Crippen LogP contribution is -2.16. The monoisotopic (exact) mass is 254 g/mol. The largest absolute Gasteiger partial charge is 0.396 e. The number of nitrogens with one attached hydrogen (secondary N) is 2. The summed E-state index contributed by atoms with van der Waals surface area (Å²) in [6.07, 6.45) is 1.46. The van der Waals surface area contributed by atoms with Crippen LogP contribution in [0.4, 0.5) is 17.3 Å². The predicted molar refractivity (Wildman–Crippen MR) is 69.8 cm³/mol. The SMILES string of the molecule is CNc1cc([N+](=O)[O-])cc(NC(C)CCCO)n1. The first-order valence-corrected chi connectivity index (χ1v) is 5.78. The highest BCUT2D eigenvalue weighted by molar-refractivity contribution is 5.54. The van der Waals surface area contributed by atoms with E-state index < -0.39 is 4.92 Å². The molecular formula is C11H18N4O3. The van der Waals surface area contributed by atoms with Crippen LogP contribution in [0.1, 0.15) is 19.8 Å². The van der Waals surface area contributed by atoms with E-state index in [-0.39, 0.29) is 18.3 Å². The van der Waals surface area contributed by atoms with Crippen LogP contribution in [0.15, 0.2) is 12.1 Å². The maximum atomic E-state index is 10.8. The Bertz CT molecular complexity index is 411. The summed E-state index contributed by atoms with van der Waals surface area (Å²) in [6, 6.07) is 2.87. The van der Waals surface area contributed by atoms with Crippen LogP contribution in [-0.4, -0.2) is 34.7 Å². The summed E-state index contributed by atoms with van der Waals surface area (Å²) < 4.78 is 0. The highest BCUT2D eigenvalue weighted by atomic mass is 16.6. The van der Waals surface area contributed by atoms with Gasteiger partial charge in [-0.05, 0) is 19.8 Å². The standard InChI is InChI=1S/C11H18N4O3/c1-8(4-3-5-16)13-11-7-9(15(17)18)6-10(12-2)14-11/h6-8,16H,3-5H2,1-2H3,(H2,12,13,14). The number of nitrogens with zero attached hydrogens (tertiary/aromatic N) is 2. The van der Waals surface area contributed by atoms with Gasteiger partial charge in [0.2, 0.25) is 0 Å². The summed E-state index contributed by atoms with van der Waals surface area (Å²) in [4.78, 5) is 14.5. The van der Waals surface area contributed by atoms with Crippen molar-refractivity contribution in [3.05, 3.63) is 22.2 Å². The summed E-state index contributed by atoms with van der Waals surface area (Å²) in [6.45, 7) is 2.07. The average Bonchev–Trinajstić information content (AvgIpc) is 2.35.